The highest BCUT2D eigenvalue weighted by atomic mass is 79.9. The van der Waals surface area contributed by atoms with Gasteiger partial charge in [-0.05, 0) is 74.2 Å². The molecule has 0 amide bonds. The van der Waals surface area contributed by atoms with Gasteiger partial charge in [-0.2, -0.15) is 0 Å². The second-order valence-corrected chi connectivity index (χ2v) is 27.6. The topological polar surface area (TPSA) is 113 Å². The molecule has 0 bridgehead atoms. The summed E-state index contributed by atoms with van der Waals surface area (Å²) in [5.41, 5.74) is 4.93. The van der Waals surface area contributed by atoms with E-state index in [0.717, 1.165) is 50.6 Å². The standard InChI is InChI=1S/C23H35BN3O4Si.C18H27BrN2OSi/c1-16(31-32(7,8)23(2,3)4)21-26-20(14-27(21)5)18-11-9-17(10-12-18)13-19(22(28)29-6)24-30-15-25;1-13(22-23(6,7)18(2,3)4)17-20-16(12-21(17)5)14-8-10-15(19)11-9-14/h9-12,14-16,19,25H,13H2,1-8H3;8-13H,1-7H3. The van der Waals surface area contributed by atoms with Crippen molar-refractivity contribution in [2.24, 2.45) is 14.1 Å². The van der Waals surface area contributed by atoms with E-state index in [4.69, 9.17) is 33.6 Å². The van der Waals surface area contributed by atoms with Crippen molar-refractivity contribution in [2.45, 2.75) is 116 Å². The van der Waals surface area contributed by atoms with Gasteiger partial charge in [0.2, 0.25) is 0 Å². The van der Waals surface area contributed by atoms with Crippen molar-refractivity contribution in [2.75, 3.05) is 7.11 Å². The Kier molecular flexibility index (Phi) is 15.7. The minimum absolute atomic E-state index is 0.00918. The number of ether oxygens (including phenoxy) is 1. The van der Waals surface area contributed by atoms with Gasteiger partial charge in [-0.1, -0.05) is 93.9 Å². The lowest BCUT2D eigenvalue weighted by Crippen LogP contribution is -2.41. The molecule has 14 heteroatoms. The highest BCUT2D eigenvalue weighted by Gasteiger charge is 2.40. The first-order chi connectivity index (χ1) is 25.4. The highest BCUT2D eigenvalue weighted by molar-refractivity contribution is 9.10. The fourth-order valence-electron chi connectivity index (χ4n) is 5.50. The van der Waals surface area contributed by atoms with Crippen LogP contribution >= 0.6 is 15.9 Å². The van der Waals surface area contributed by atoms with E-state index in [1.54, 1.807) is 0 Å². The second-order valence-electron chi connectivity index (χ2n) is 17.2. The van der Waals surface area contributed by atoms with Crippen LogP contribution in [0.15, 0.2) is 65.4 Å². The molecule has 2 aromatic carbocycles. The Hall–Kier alpha value is -3.30. The van der Waals surface area contributed by atoms with Gasteiger partial charge in [-0.15, -0.1) is 0 Å². The Morgan fingerprint density at radius 1 is 0.800 bits per heavy atom. The fourth-order valence-corrected chi connectivity index (χ4v) is 8.45. The molecule has 299 valence electrons. The molecule has 0 aliphatic heterocycles. The molecule has 0 saturated heterocycles. The van der Waals surface area contributed by atoms with Gasteiger partial charge in [0.25, 0.3) is 0 Å². The molecule has 2 aromatic heterocycles. The number of imidazole rings is 2. The molecule has 1 N–H and O–H groups in total. The Bertz CT molecular complexity index is 1870. The van der Waals surface area contributed by atoms with E-state index in [-0.39, 0.29) is 22.3 Å². The van der Waals surface area contributed by atoms with E-state index in [2.05, 4.69) is 120 Å². The zero-order valence-electron chi connectivity index (χ0n) is 35.6. The third kappa shape index (κ3) is 12.3. The first-order valence-corrected chi connectivity index (χ1v) is 25.3. The van der Waals surface area contributed by atoms with Crippen molar-refractivity contribution in [3.63, 3.8) is 0 Å². The summed E-state index contributed by atoms with van der Waals surface area (Å²) in [6.45, 7) is 26.7. The molecule has 4 rings (SSSR count). The number of esters is 1. The maximum atomic E-state index is 11.9. The number of hydrogen-bond acceptors (Lipinski definition) is 8. The van der Waals surface area contributed by atoms with E-state index in [1.165, 1.54) is 14.6 Å². The largest absolute Gasteiger partial charge is 0.555 e. The van der Waals surface area contributed by atoms with E-state index >= 15 is 0 Å². The van der Waals surface area contributed by atoms with Crippen LogP contribution in [-0.2, 0) is 43.6 Å². The molecule has 10 nitrogen and oxygen atoms in total. The third-order valence-corrected chi connectivity index (χ3v) is 20.4. The lowest BCUT2D eigenvalue weighted by molar-refractivity contribution is -0.140. The van der Waals surface area contributed by atoms with Crippen molar-refractivity contribution in [1.82, 2.24) is 19.1 Å². The van der Waals surface area contributed by atoms with E-state index in [1.807, 2.05) is 61.3 Å². The van der Waals surface area contributed by atoms with Gasteiger partial charge in [0, 0.05) is 42.1 Å². The summed E-state index contributed by atoms with van der Waals surface area (Å²) in [7, 11) is 2.97. The maximum Gasteiger partial charge on any atom is 0.386 e. The Morgan fingerprint density at radius 2 is 1.20 bits per heavy atom. The molecule has 3 atom stereocenters. The smallest absolute Gasteiger partial charge is 0.386 e. The number of carbonyl (C=O) groups is 1. The summed E-state index contributed by atoms with van der Waals surface area (Å²) in [5.74, 6) is 0.897. The summed E-state index contributed by atoms with van der Waals surface area (Å²) in [6.07, 6.45) is 5.19. The molecule has 3 unspecified atom stereocenters. The Morgan fingerprint density at radius 3 is 1.56 bits per heavy atom. The van der Waals surface area contributed by atoms with Crippen LogP contribution in [0.5, 0.6) is 0 Å². The number of carbonyl (C=O) groups excluding carboxylic acids is 1. The number of methoxy groups -OCH3 is 1. The number of halogens is 1. The monoisotopic (exact) mass is 850 g/mol. The highest BCUT2D eigenvalue weighted by Crippen LogP contribution is 2.41. The van der Waals surface area contributed by atoms with E-state index < -0.39 is 28.4 Å². The van der Waals surface area contributed by atoms with Gasteiger partial charge in [0.15, 0.2) is 16.6 Å². The SMILES string of the molecule is CC(O[Si](C)(C)C(C)(C)C)c1nc(-c2ccc(Br)cc2)cn1C.COC(=O)C([B]OC=N)Cc1ccc(-c2cn(C)c(C(C)O[Si](C)(C)C(C)(C)C)n2)cc1. The number of aryl methyl sites for hydroxylation is 2. The number of nitrogens with one attached hydrogen (secondary N) is 1. The third-order valence-electron chi connectivity index (χ3n) is 10.8. The zero-order chi connectivity index (χ0) is 41.5. The summed E-state index contributed by atoms with van der Waals surface area (Å²) in [4.78, 5) is 21.6. The van der Waals surface area contributed by atoms with Crippen molar-refractivity contribution >= 4 is 52.4 Å². The van der Waals surface area contributed by atoms with Gasteiger partial charge in [-0.3, -0.25) is 10.2 Å². The molecular weight excluding hydrogens is 789 g/mol. The average Bonchev–Trinajstić information content (AvgIpc) is 3.68. The molecule has 0 saturated carbocycles. The Labute approximate surface area is 340 Å². The van der Waals surface area contributed by atoms with Crippen LogP contribution in [0.1, 0.15) is 84.8 Å². The van der Waals surface area contributed by atoms with Crippen LogP contribution in [0.2, 0.25) is 42.1 Å². The van der Waals surface area contributed by atoms with E-state index in [0.29, 0.717) is 6.42 Å². The zero-order valence-corrected chi connectivity index (χ0v) is 39.2. The Balaban J connectivity index is 0.000000311. The van der Waals surface area contributed by atoms with Crippen LogP contribution in [0, 0.1) is 5.41 Å². The van der Waals surface area contributed by atoms with Gasteiger partial charge in [0.05, 0.1) is 24.3 Å². The summed E-state index contributed by atoms with van der Waals surface area (Å²) in [5, 5.41) is 7.31. The number of rotatable bonds is 14. The summed E-state index contributed by atoms with van der Waals surface area (Å²) in [6, 6.07) is 16.2. The maximum absolute atomic E-state index is 11.9. The van der Waals surface area contributed by atoms with E-state index in [9.17, 15) is 4.79 Å². The van der Waals surface area contributed by atoms with Crippen LogP contribution < -0.4 is 0 Å². The van der Waals surface area contributed by atoms with Crippen LogP contribution in [-0.4, -0.2) is 62.7 Å². The van der Waals surface area contributed by atoms with Gasteiger partial charge in [0.1, 0.15) is 30.3 Å². The predicted molar refractivity (Wildman–Crippen MR) is 233 cm³/mol. The number of aromatic nitrogens is 4. The molecule has 4 aromatic rings. The number of hydrogen-bond donors (Lipinski definition) is 1. The van der Waals surface area contributed by atoms with Crippen molar-refractivity contribution < 1.29 is 23.0 Å². The lowest BCUT2D eigenvalue weighted by Gasteiger charge is -2.38. The van der Waals surface area contributed by atoms with Crippen molar-refractivity contribution in [3.8, 4) is 22.5 Å². The van der Waals surface area contributed by atoms with Crippen LogP contribution in [0.4, 0.5) is 0 Å². The molecule has 1 radical (unpaired) electrons. The molecule has 0 spiro atoms. The van der Waals surface area contributed by atoms with Gasteiger partial charge < -0.3 is 27.4 Å². The van der Waals surface area contributed by atoms with Gasteiger partial charge >= 0.3 is 13.5 Å². The first-order valence-electron chi connectivity index (χ1n) is 18.7. The van der Waals surface area contributed by atoms with Crippen molar-refractivity contribution in [1.29, 1.82) is 5.41 Å². The van der Waals surface area contributed by atoms with Crippen molar-refractivity contribution in [3.05, 3.63) is 82.6 Å². The summed E-state index contributed by atoms with van der Waals surface area (Å²) < 4.78 is 27.9. The number of nitrogens with zero attached hydrogens (tertiary/aromatic N) is 4. The second kappa shape index (κ2) is 18.8. The summed E-state index contributed by atoms with van der Waals surface area (Å²) >= 11 is 3.47. The van der Waals surface area contributed by atoms with Crippen LogP contribution in [0.25, 0.3) is 22.5 Å². The molecule has 0 aliphatic carbocycles. The normalized spacial score (nSPS) is 14.0. The fraction of sp³-hybridized carbons (Fsp3) is 0.512. The quantitative estimate of drug-likeness (QED) is 0.0582. The van der Waals surface area contributed by atoms with Gasteiger partial charge in [-0.25, -0.2) is 9.97 Å². The number of benzene rings is 2. The van der Waals surface area contributed by atoms with Crippen LogP contribution in [0.3, 0.4) is 0 Å². The first kappa shape index (κ1) is 46.1. The lowest BCUT2D eigenvalue weighted by atomic mass is 9.76. The average molecular weight is 852 g/mol. The molecule has 0 fully saturated rings. The predicted octanol–water partition coefficient (Wildman–Crippen LogP) is 10.8. The minimum Gasteiger partial charge on any atom is -0.555 e. The molecular formula is C41H62BBrN5O5Si2. The molecule has 2 heterocycles. The molecule has 55 heavy (non-hydrogen) atoms. The molecule has 0 aliphatic rings. The minimum atomic E-state index is -1.91.